The molecule has 1 aromatic rings. The molecule has 0 fully saturated rings. The van der Waals surface area contributed by atoms with E-state index in [9.17, 15) is 9.59 Å². The fraction of sp³-hybridized carbons (Fsp3) is 0.273. The van der Waals surface area contributed by atoms with Gasteiger partial charge >= 0.3 is 5.97 Å². The zero-order chi connectivity index (χ0) is 11.3. The molecule has 0 unspecified atom stereocenters. The number of carboxylic acids is 1. The van der Waals surface area contributed by atoms with Crippen LogP contribution in [0.15, 0.2) is 30.3 Å². The molecule has 0 heterocycles. The molecule has 4 nitrogen and oxygen atoms in total. The Bertz CT molecular complexity index is 350. The minimum Gasteiger partial charge on any atom is -0.481 e. The molecular weight excluding hydrogens is 194 g/mol. The summed E-state index contributed by atoms with van der Waals surface area (Å²) >= 11 is 0. The minimum atomic E-state index is -1.31. The van der Waals surface area contributed by atoms with Crippen molar-refractivity contribution >= 4 is 12.3 Å². The van der Waals surface area contributed by atoms with Gasteiger partial charge in [-0.15, -0.1) is 0 Å². The maximum absolute atomic E-state index is 10.8. The summed E-state index contributed by atoms with van der Waals surface area (Å²) in [6, 6.07) is 9.11. The monoisotopic (exact) mass is 207 g/mol. The highest BCUT2D eigenvalue weighted by Gasteiger charge is 2.27. The van der Waals surface area contributed by atoms with Crippen molar-refractivity contribution in [3.63, 3.8) is 0 Å². The van der Waals surface area contributed by atoms with Crippen LogP contribution in [-0.2, 0) is 16.0 Å². The number of nitrogens with two attached hydrogens (primary N) is 1. The average Bonchev–Trinajstić information content (AvgIpc) is 2.18. The van der Waals surface area contributed by atoms with Crippen LogP contribution >= 0.6 is 0 Å². The standard InChI is InChI=1S/C11H13NO3/c12-11(8-13,7-10(14)15)6-9-4-2-1-3-5-9/h1-5,8H,6-7,12H2,(H,14,15)/t11-/m0/s1. The summed E-state index contributed by atoms with van der Waals surface area (Å²) < 4.78 is 0. The first kappa shape index (κ1) is 11.4. The third-order valence-electron chi connectivity index (χ3n) is 2.09. The van der Waals surface area contributed by atoms with Crippen molar-refractivity contribution < 1.29 is 14.7 Å². The Morgan fingerprint density at radius 3 is 2.47 bits per heavy atom. The summed E-state index contributed by atoms with van der Waals surface area (Å²) in [4.78, 5) is 21.3. The number of benzene rings is 1. The predicted octanol–water partition coefficient (Wildman–Crippen LogP) is 0.600. The number of hydrogen-bond donors (Lipinski definition) is 2. The van der Waals surface area contributed by atoms with Gasteiger partial charge in [0.15, 0.2) is 0 Å². The molecule has 3 N–H and O–H groups in total. The number of carbonyl (C=O) groups excluding carboxylic acids is 1. The Morgan fingerprint density at radius 1 is 1.40 bits per heavy atom. The van der Waals surface area contributed by atoms with Gasteiger partial charge in [0, 0.05) is 0 Å². The lowest BCUT2D eigenvalue weighted by Crippen LogP contribution is -2.45. The van der Waals surface area contributed by atoms with Crippen LogP contribution in [0.4, 0.5) is 0 Å². The summed E-state index contributed by atoms with van der Waals surface area (Å²) in [7, 11) is 0. The maximum atomic E-state index is 10.8. The number of rotatable bonds is 5. The molecule has 0 bridgehead atoms. The van der Waals surface area contributed by atoms with Crippen molar-refractivity contribution in [2.75, 3.05) is 0 Å². The van der Waals surface area contributed by atoms with E-state index in [-0.39, 0.29) is 12.8 Å². The Morgan fingerprint density at radius 2 is 2.00 bits per heavy atom. The van der Waals surface area contributed by atoms with Gasteiger partial charge in [-0.3, -0.25) is 4.79 Å². The lowest BCUT2D eigenvalue weighted by Gasteiger charge is -2.20. The highest BCUT2D eigenvalue weighted by atomic mass is 16.4. The van der Waals surface area contributed by atoms with Crippen molar-refractivity contribution in [3.8, 4) is 0 Å². The number of hydrogen-bond acceptors (Lipinski definition) is 3. The first-order chi connectivity index (χ1) is 7.06. The molecule has 0 aliphatic rings. The number of aliphatic carboxylic acids is 1. The van der Waals surface area contributed by atoms with Crippen LogP contribution in [-0.4, -0.2) is 22.9 Å². The smallest absolute Gasteiger partial charge is 0.305 e. The number of aldehydes is 1. The summed E-state index contributed by atoms with van der Waals surface area (Å²) in [6.45, 7) is 0. The third-order valence-corrected chi connectivity index (χ3v) is 2.09. The zero-order valence-corrected chi connectivity index (χ0v) is 8.22. The first-order valence-corrected chi connectivity index (χ1v) is 4.57. The van der Waals surface area contributed by atoms with E-state index in [0.29, 0.717) is 6.29 Å². The molecule has 1 atom stereocenters. The van der Waals surface area contributed by atoms with Gasteiger partial charge < -0.3 is 15.6 Å². The van der Waals surface area contributed by atoms with E-state index in [1.165, 1.54) is 0 Å². The van der Waals surface area contributed by atoms with Crippen molar-refractivity contribution in [2.24, 2.45) is 5.73 Å². The summed E-state index contributed by atoms with van der Waals surface area (Å²) in [5, 5.41) is 8.62. The van der Waals surface area contributed by atoms with Crippen molar-refractivity contribution in [2.45, 2.75) is 18.4 Å². The highest BCUT2D eigenvalue weighted by molar-refractivity contribution is 5.77. The van der Waals surface area contributed by atoms with E-state index in [1.807, 2.05) is 30.3 Å². The van der Waals surface area contributed by atoms with Crippen LogP contribution in [0.25, 0.3) is 0 Å². The molecular formula is C11H13NO3. The maximum Gasteiger partial charge on any atom is 0.305 e. The molecule has 0 aromatic heterocycles. The van der Waals surface area contributed by atoms with E-state index >= 15 is 0 Å². The fourth-order valence-corrected chi connectivity index (χ4v) is 1.40. The second-order valence-corrected chi connectivity index (χ2v) is 3.58. The molecule has 0 radical (unpaired) electrons. The van der Waals surface area contributed by atoms with Crippen LogP contribution in [0.5, 0.6) is 0 Å². The highest BCUT2D eigenvalue weighted by Crippen LogP contribution is 2.12. The van der Waals surface area contributed by atoms with Crippen LogP contribution in [0.3, 0.4) is 0 Å². The molecule has 4 heteroatoms. The first-order valence-electron chi connectivity index (χ1n) is 4.57. The molecule has 0 spiro atoms. The van der Waals surface area contributed by atoms with E-state index < -0.39 is 11.5 Å². The largest absolute Gasteiger partial charge is 0.481 e. The Kier molecular flexibility index (Phi) is 3.57. The van der Waals surface area contributed by atoms with Gasteiger partial charge in [-0.25, -0.2) is 0 Å². The van der Waals surface area contributed by atoms with Gasteiger partial charge in [0.25, 0.3) is 0 Å². The average molecular weight is 207 g/mol. The van der Waals surface area contributed by atoms with Crippen molar-refractivity contribution in [3.05, 3.63) is 35.9 Å². The molecule has 15 heavy (non-hydrogen) atoms. The van der Waals surface area contributed by atoms with E-state index in [0.717, 1.165) is 5.56 Å². The van der Waals surface area contributed by atoms with Crippen molar-refractivity contribution in [1.82, 2.24) is 0 Å². The topological polar surface area (TPSA) is 80.4 Å². The van der Waals surface area contributed by atoms with E-state index in [4.69, 9.17) is 10.8 Å². The molecule has 0 amide bonds. The second kappa shape index (κ2) is 4.70. The molecule has 0 aliphatic carbocycles. The van der Waals surface area contributed by atoms with Crippen LogP contribution < -0.4 is 5.73 Å². The van der Waals surface area contributed by atoms with Gasteiger partial charge in [-0.05, 0) is 12.0 Å². The lowest BCUT2D eigenvalue weighted by molar-refractivity contribution is -0.139. The van der Waals surface area contributed by atoms with Gasteiger partial charge in [-0.2, -0.15) is 0 Å². The zero-order valence-electron chi connectivity index (χ0n) is 8.22. The van der Waals surface area contributed by atoms with E-state index in [1.54, 1.807) is 0 Å². The molecule has 0 saturated carbocycles. The summed E-state index contributed by atoms with van der Waals surface area (Å²) in [5.41, 5.74) is 5.22. The third kappa shape index (κ3) is 3.52. The molecule has 1 aromatic carbocycles. The SMILES string of the molecule is N[C@](C=O)(CC(=O)O)Cc1ccccc1. The summed E-state index contributed by atoms with van der Waals surface area (Å²) in [5.74, 6) is -1.07. The second-order valence-electron chi connectivity index (χ2n) is 3.58. The normalized spacial score (nSPS) is 14.2. The molecule has 80 valence electrons. The fourth-order valence-electron chi connectivity index (χ4n) is 1.40. The molecule has 1 rings (SSSR count). The summed E-state index contributed by atoms with van der Waals surface area (Å²) in [6.07, 6.45) is 0.392. The van der Waals surface area contributed by atoms with Crippen LogP contribution in [0, 0.1) is 0 Å². The molecule has 0 aliphatic heterocycles. The van der Waals surface area contributed by atoms with Crippen molar-refractivity contribution in [1.29, 1.82) is 0 Å². The van der Waals surface area contributed by atoms with Gasteiger partial charge in [0.1, 0.15) is 6.29 Å². The van der Waals surface area contributed by atoms with Gasteiger partial charge in [-0.1, -0.05) is 30.3 Å². The Hall–Kier alpha value is -1.68. The van der Waals surface area contributed by atoms with Gasteiger partial charge in [0.2, 0.25) is 0 Å². The Balaban J connectivity index is 2.76. The molecule has 0 saturated heterocycles. The minimum absolute atomic E-state index is 0.240. The van der Waals surface area contributed by atoms with E-state index in [2.05, 4.69) is 0 Å². The number of carbonyl (C=O) groups is 2. The van der Waals surface area contributed by atoms with Crippen LogP contribution in [0.1, 0.15) is 12.0 Å². The van der Waals surface area contributed by atoms with Crippen LogP contribution in [0.2, 0.25) is 0 Å². The lowest BCUT2D eigenvalue weighted by atomic mass is 9.90. The quantitative estimate of drug-likeness (QED) is 0.693. The number of carboxylic acid groups (broad SMARTS) is 1. The predicted molar refractivity (Wildman–Crippen MR) is 55.4 cm³/mol. The van der Waals surface area contributed by atoms with Gasteiger partial charge in [0.05, 0.1) is 12.0 Å². The Labute approximate surface area is 87.7 Å².